The average molecular weight is 146 g/mol. The molecule has 0 radical (unpaired) electrons. The molecule has 4 nitrogen and oxygen atoms in total. The molecule has 0 aliphatic carbocycles. The van der Waals surface area contributed by atoms with Crippen LogP contribution < -0.4 is 0 Å². The van der Waals surface area contributed by atoms with Crippen molar-refractivity contribution in [3.8, 4) is 0 Å². The highest BCUT2D eigenvalue weighted by Crippen LogP contribution is 1.91. The van der Waals surface area contributed by atoms with Gasteiger partial charge in [-0.1, -0.05) is 0 Å². The minimum atomic E-state index is -0.134. The van der Waals surface area contributed by atoms with Crippen LogP contribution in [-0.2, 0) is 4.84 Å². The van der Waals surface area contributed by atoms with E-state index < -0.39 is 0 Å². The quantitative estimate of drug-likeness (QED) is 0.533. The van der Waals surface area contributed by atoms with Crippen LogP contribution in [0.2, 0.25) is 0 Å². The molecule has 0 heterocycles. The zero-order chi connectivity index (χ0) is 8.15. The third-order valence-electron chi connectivity index (χ3n) is 1.34. The Kier molecular flexibility index (Phi) is 3.79. The lowest BCUT2D eigenvalue weighted by atomic mass is 10.6. The van der Waals surface area contributed by atoms with E-state index >= 15 is 0 Å². The van der Waals surface area contributed by atoms with E-state index in [2.05, 4.69) is 4.84 Å². The van der Waals surface area contributed by atoms with Gasteiger partial charge in [0.15, 0.2) is 0 Å². The van der Waals surface area contributed by atoms with E-state index in [4.69, 9.17) is 0 Å². The predicted molar refractivity (Wildman–Crippen MR) is 38.5 cm³/mol. The highest BCUT2D eigenvalue weighted by atomic mass is 16.7. The van der Waals surface area contributed by atoms with E-state index in [-0.39, 0.29) is 6.03 Å². The fraction of sp³-hybridized carbons (Fsp3) is 0.833. The molecule has 0 N–H and O–H groups in total. The van der Waals surface area contributed by atoms with Gasteiger partial charge in [0, 0.05) is 20.6 Å². The van der Waals surface area contributed by atoms with Gasteiger partial charge in [0.1, 0.15) is 0 Å². The smallest absolute Gasteiger partial charge is 0.326 e. The average Bonchev–Trinajstić information content (AvgIpc) is 2.00. The molecule has 0 fully saturated rings. The lowest BCUT2D eigenvalue weighted by Gasteiger charge is -2.20. The number of nitrogens with zero attached hydrogens (tertiary/aromatic N) is 2. The van der Waals surface area contributed by atoms with E-state index in [0.29, 0.717) is 6.54 Å². The van der Waals surface area contributed by atoms with Crippen LogP contribution in [0.5, 0.6) is 0 Å². The first-order valence-electron chi connectivity index (χ1n) is 3.16. The summed E-state index contributed by atoms with van der Waals surface area (Å²) in [6.45, 7) is 2.59. The van der Waals surface area contributed by atoms with Gasteiger partial charge in [-0.15, -0.1) is 0 Å². The first-order valence-corrected chi connectivity index (χ1v) is 3.16. The molecule has 0 aromatic rings. The van der Waals surface area contributed by atoms with Crippen LogP contribution in [0.4, 0.5) is 4.79 Å². The molecule has 0 rings (SSSR count). The summed E-state index contributed by atoms with van der Waals surface area (Å²) in [4.78, 5) is 17.3. The second-order valence-corrected chi connectivity index (χ2v) is 1.98. The van der Waals surface area contributed by atoms with Gasteiger partial charge in [-0.25, -0.2) is 9.86 Å². The van der Waals surface area contributed by atoms with Crippen molar-refractivity contribution in [3.63, 3.8) is 0 Å². The molecule has 0 bridgehead atoms. The number of urea groups is 1. The molecule has 0 spiro atoms. The van der Waals surface area contributed by atoms with Gasteiger partial charge >= 0.3 is 6.03 Å². The van der Waals surface area contributed by atoms with E-state index in [9.17, 15) is 4.79 Å². The van der Waals surface area contributed by atoms with E-state index in [1.54, 1.807) is 19.0 Å². The Balaban J connectivity index is 3.82. The maximum Gasteiger partial charge on any atom is 0.343 e. The largest absolute Gasteiger partial charge is 0.343 e. The molecular weight excluding hydrogens is 132 g/mol. The van der Waals surface area contributed by atoms with E-state index in [1.165, 1.54) is 12.2 Å². The predicted octanol–water partition coefficient (Wildman–Crippen LogP) is 0.551. The number of hydroxylamine groups is 2. The normalized spacial score (nSPS) is 9.20. The third-order valence-corrected chi connectivity index (χ3v) is 1.34. The van der Waals surface area contributed by atoms with Gasteiger partial charge in [0.2, 0.25) is 0 Å². The van der Waals surface area contributed by atoms with Crippen LogP contribution in [0.15, 0.2) is 0 Å². The first-order chi connectivity index (χ1) is 4.63. The Morgan fingerprint density at radius 1 is 1.50 bits per heavy atom. The van der Waals surface area contributed by atoms with Gasteiger partial charge < -0.3 is 4.90 Å². The van der Waals surface area contributed by atoms with Crippen molar-refractivity contribution in [1.29, 1.82) is 0 Å². The van der Waals surface area contributed by atoms with E-state index in [0.717, 1.165) is 0 Å². The molecule has 0 aromatic carbocycles. The summed E-state index contributed by atoms with van der Waals surface area (Å²) in [7, 11) is 4.76. The van der Waals surface area contributed by atoms with Gasteiger partial charge in [-0.05, 0) is 6.92 Å². The molecule has 4 heteroatoms. The number of carbonyl (C=O) groups is 1. The molecule has 0 saturated carbocycles. The standard InChI is InChI=1S/C6H14N2O2/c1-5-7(2)6(9)8(3)10-4/h5H2,1-4H3. The fourth-order valence-electron chi connectivity index (χ4n) is 0.454. The highest BCUT2D eigenvalue weighted by Gasteiger charge is 2.10. The lowest BCUT2D eigenvalue weighted by molar-refractivity contribution is -0.0739. The fourth-order valence-corrected chi connectivity index (χ4v) is 0.454. The molecule has 0 unspecified atom stereocenters. The highest BCUT2D eigenvalue weighted by molar-refractivity contribution is 5.72. The Hall–Kier alpha value is -0.770. The second-order valence-electron chi connectivity index (χ2n) is 1.98. The summed E-state index contributed by atoms with van der Waals surface area (Å²) in [6.07, 6.45) is 0. The lowest BCUT2D eigenvalue weighted by Crippen LogP contribution is -2.37. The van der Waals surface area contributed by atoms with E-state index in [1.807, 2.05) is 6.92 Å². The van der Waals surface area contributed by atoms with Crippen molar-refractivity contribution in [1.82, 2.24) is 9.96 Å². The summed E-state index contributed by atoms with van der Waals surface area (Å²) in [5.74, 6) is 0. The zero-order valence-electron chi connectivity index (χ0n) is 6.92. The van der Waals surface area contributed by atoms with Crippen LogP contribution >= 0.6 is 0 Å². The summed E-state index contributed by atoms with van der Waals surface area (Å²) < 4.78 is 0. The molecule has 2 amide bonds. The number of rotatable bonds is 2. The Bertz CT molecular complexity index is 104. The van der Waals surface area contributed by atoms with Crippen LogP contribution in [0, 0.1) is 0 Å². The van der Waals surface area contributed by atoms with Crippen molar-refractivity contribution in [2.75, 3.05) is 27.7 Å². The van der Waals surface area contributed by atoms with Crippen molar-refractivity contribution < 1.29 is 9.63 Å². The van der Waals surface area contributed by atoms with Crippen LogP contribution in [0.25, 0.3) is 0 Å². The molecule has 0 aliphatic heterocycles. The SMILES string of the molecule is CCN(C)C(=O)N(C)OC. The summed E-state index contributed by atoms with van der Waals surface area (Å²) >= 11 is 0. The molecule has 10 heavy (non-hydrogen) atoms. The second kappa shape index (κ2) is 4.11. The third kappa shape index (κ3) is 2.23. The van der Waals surface area contributed by atoms with Crippen LogP contribution in [0.1, 0.15) is 6.92 Å². The van der Waals surface area contributed by atoms with Crippen molar-refractivity contribution in [2.45, 2.75) is 6.92 Å². The summed E-state index contributed by atoms with van der Waals surface area (Å²) in [6, 6.07) is -0.134. The number of hydrogen-bond acceptors (Lipinski definition) is 2. The minimum Gasteiger partial charge on any atom is -0.326 e. The number of carbonyl (C=O) groups excluding carboxylic acids is 1. The number of hydrogen-bond donors (Lipinski definition) is 0. The maximum atomic E-state index is 11.0. The van der Waals surface area contributed by atoms with Crippen molar-refractivity contribution >= 4 is 6.03 Å². The minimum absolute atomic E-state index is 0.134. The molecule has 0 atom stereocenters. The summed E-state index contributed by atoms with van der Waals surface area (Å²) in [5, 5.41) is 1.18. The molecule has 60 valence electrons. The Labute approximate surface area is 61.3 Å². The maximum absolute atomic E-state index is 11.0. The van der Waals surface area contributed by atoms with Crippen molar-refractivity contribution in [3.05, 3.63) is 0 Å². The van der Waals surface area contributed by atoms with Crippen LogP contribution in [-0.4, -0.2) is 43.7 Å². The first kappa shape index (κ1) is 9.23. The van der Waals surface area contributed by atoms with Crippen molar-refractivity contribution in [2.24, 2.45) is 0 Å². The molecular formula is C6H14N2O2. The Morgan fingerprint density at radius 3 is 2.30 bits per heavy atom. The summed E-state index contributed by atoms with van der Waals surface area (Å²) in [5.41, 5.74) is 0. The van der Waals surface area contributed by atoms with Gasteiger partial charge in [-0.3, -0.25) is 4.84 Å². The molecule has 0 saturated heterocycles. The molecule has 0 aromatic heterocycles. The van der Waals surface area contributed by atoms with Gasteiger partial charge in [0.25, 0.3) is 0 Å². The topological polar surface area (TPSA) is 32.8 Å². The van der Waals surface area contributed by atoms with Gasteiger partial charge in [-0.2, -0.15) is 0 Å². The number of amides is 2. The zero-order valence-corrected chi connectivity index (χ0v) is 6.92. The Morgan fingerprint density at radius 2 is 2.00 bits per heavy atom. The van der Waals surface area contributed by atoms with Crippen LogP contribution in [0.3, 0.4) is 0 Å². The van der Waals surface area contributed by atoms with Gasteiger partial charge in [0.05, 0.1) is 7.11 Å². The molecule has 0 aliphatic rings. The monoisotopic (exact) mass is 146 g/mol.